The van der Waals surface area contributed by atoms with Crippen LogP contribution >= 0.6 is 0 Å². The van der Waals surface area contributed by atoms with Crippen LogP contribution in [0.25, 0.3) is 0 Å². The van der Waals surface area contributed by atoms with Crippen molar-refractivity contribution in [2.75, 3.05) is 26.8 Å². The van der Waals surface area contributed by atoms with Crippen LogP contribution < -0.4 is 5.32 Å². The van der Waals surface area contributed by atoms with E-state index in [1.54, 1.807) is 7.11 Å². The highest BCUT2D eigenvalue weighted by atomic mass is 16.5. The van der Waals surface area contributed by atoms with Crippen molar-refractivity contribution in [3.8, 4) is 0 Å². The first-order chi connectivity index (χ1) is 6.31. The van der Waals surface area contributed by atoms with Gasteiger partial charge in [0.05, 0.1) is 0 Å². The molecule has 0 fully saturated rings. The Kier molecular flexibility index (Phi) is 9.05. The van der Waals surface area contributed by atoms with E-state index < -0.39 is 0 Å². The average molecular weight is 183 g/mol. The normalized spacial score (nSPS) is 10.9. The molecule has 0 aliphatic carbocycles. The van der Waals surface area contributed by atoms with Crippen molar-refractivity contribution in [2.45, 2.75) is 19.8 Å². The summed E-state index contributed by atoms with van der Waals surface area (Å²) in [4.78, 5) is 0. The first kappa shape index (κ1) is 12.4. The van der Waals surface area contributed by atoms with Gasteiger partial charge in [0.2, 0.25) is 0 Å². The van der Waals surface area contributed by atoms with Gasteiger partial charge in [0.1, 0.15) is 0 Å². The minimum atomic E-state index is 0.824. The fourth-order valence-electron chi connectivity index (χ4n) is 0.934. The van der Waals surface area contributed by atoms with Gasteiger partial charge in [-0.05, 0) is 25.0 Å². The van der Waals surface area contributed by atoms with Gasteiger partial charge in [-0.2, -0.15) is 0 Å². The lowest BCUT2D eigenvalue weighted by atomic mass is 10.2. The fourth-order valence-corrected chi connectivity index (χ4v) is 0.934. The van der Waals surface area contributed by atoms with E-state index in [1.165, 1.54) is 0 Å². The SMILES string of the molecule is C=C(/C=C\CC)CNCCCOC. The molecule has 0 bridgehead atoms. The maximum atomic E-state index is 4.94. The number of methoxy groups -OCH3 is 1. The van der Waals surface area contributed by atoms with Crippen molar-refractivity contribution >= 4 is 0 Å². The second kappa shape index (κ2) is 9.49. The highest BCUT2D eigenvalue weighted by molar-refractivity contribution is 5.15. The monoisotopic (exact) mass is 183 g/mol. The molecule has 2 heteroatoms. The molecule has 76 valence electrons. The molecule has 1 N–H and O–H groups in total. The predicted octanol–water partition coefficient (Wildman–Crippen LogP) is 2.13. The zero-order valence-electron chi connectivity index (χ0n) is 8.81. The Bertz CT molecular complexity index is 152. The van der Waals surface area contributed by atoms with Crippen LogP contribution in [0, 0.1) is 0 Å². The van der Waals surface area contributed by atoms with Crippen molar-refractivity contribution in [1.29, 1.82) is 0 Å². The summed E-state index contributed by atoms with van der Waals surface area (Å²) in [7, 11) is 1.73. The molecule has 0 saturated heterocycles. The first-order valence-corrected chi connectivity index (χ1v) is 4.85. The van der Waals surface area contributed by atoms with Crippen molar-refractivity contribution in [1.82, 2.24) is 5.32 Å². The molecule has 0 aliphatic rings. The summed E-state index contributed by atoms with van der Waals surface area (Å²) in [6.45, 7) is 8.74. The van der Waals surface area contributed by atoms with E-state index in [4.69, 9.17) is 4.74 Å². The molecule has 0 unspecified atom stereocenters. The largest absolute Gasteiger partial charge is 0.385 e. The second-order valence-electron chi connectivity index (χ2n) is 2.99. The lowest BCUT2D eigenvalue weighted by Crippen LogP contribution is -2.18. The quantitative estimate of drug-likeness (QED) is 0.460. The van der Waals surface area contributed by atoms with Gasteiger partial charge in [-0.1, -0.05) is 25.7 Å². The van der Waals surface area contributed by atoms with E-state index in [0.717, 1.165) is 38.1 Å². The van der Waals surface area contributed by atoms with Crippen LogP contribution in [0.2, 0.25) is 0 Å². The molecule has 0 radical (unpaired) electrons. The van der Waals surface area contributed by atoms with Gasteiger partial charge < -0.3 is 10.1 Å². The van der Waals surface area contributed by atoms with Gasteiger partial charge in [0, 0.05) is 20.3 Å². The second-order valence-corrected chi connectivity index (χ2v) is 2.99. The fraction of sp³-hybridized carbons (Fsp3) is 0.636. The minimum absolute atomic E-state index is 0.824. The topological polar surface area (TPSA) is 21.3 Å². The van der Waals surface area contributed by atoms with E-state index in [1.807, 2.05) is 0 Å². The Balaban J connectivity index is 3.22. The lowest BCUT2D eigenvalue weighted by Gasteiger charge is -2.03. The molecule has 0 aromatic rings. The van der Waals surface area contributed by atoms with E-state index in [-0.39, 0.29) is 0 Å². The smallest absolute Gasteiger partial charge is 0.0474 e. The number of rotatable bonds is 8. The summed E-state index contributed by atoms with van der Waals surface area (Å²) in [6.07, 6.45) is 6.33. The van der Waals surface area contributed by atoms with Gasteiger partial charge >= 0.3 is 0 Å². The van der Waals surface area contributed by atoms with Crippen molar-refractivity contribution in [2.24, 2.45) is 0 Å². The highest BCUT2D eigenvalue weighted by Gasteiger charge is 1.88. The molecule has 0 saturated carbocycles. The molecule has 0 heterocycles. The van der Waals surface area contributed by atoms with Gasteiger partial charge in [0.25, 0.3) is 0 Å². The molecular formula is C11H21NO. The molecule has 0 aliphatic heterocycles. The maximum absolute atomic E-state index is 4.94. The third-order valence-corrected chi connectivity index (χ3v) is 1.64. The Hall–Kier alpha value is -0.600. The van der Waals surface area contributed by atoms with E-state index in [2.05, 4.69) is 31.0 Å². The van der Waals surface area contributed by atoms with Crippen LogP contribution in [0.4, 0.5) is 0 Å². The van der Waals surface area contributed by atoms with Crippen LogP contribution in [0.15, 0.2) is 24.3 Å². The predicted molar refractivity (Wildman–Crippen MR) is 57.9 cm³/mol. The molecule has 0 atom stereocenters. The van der Waals surface area contributed by atoms with E-state index >= 15 is 0 Å². The lowest BCUT2D eigenvalue weighted by molar-refractivity contribution is 0.194. The molecule has 0 spiro atoms. The van der Waals surface area contributed by atoms with Crippen LogP contribution in [0.5, 0.6) is 0 Å². The molecule has 13 heavy (non-hydrogen) atoms. The van der Waals surface area contributed by atoms with Crippen LogP contribution in [-0.2, 0) is 4.74 Å². The number of ether oxygens (including phenoxy) is 1. The Labute approximate surface area is 81.7 Å². The third kappa shape index (κ3) is 9.31. The third-order valence-electron chi connectivity index (χ3n) is 1.64. The number of hydrogen-bond donors (Lipinski definition) is 1. The standard InChI is InChI=1S/C11H21NO/c1-4-5-7-11(2)10-12-8-6-9-13-3/h5,7,12H,2,4,6,8-10H2,1,3H3/b7-5-. The van der Waals surface area contributed by atoms with Gasteiger partial charge in [-0.15, -0.1) is 0 Å². The van der Waals surface area contributed by atoms with Crippen molar-refractivity contribution in [3.63, 3.8) is 0 Å². The van der Waals surface area contributed by atoms with Crippen molar-refractivity contribution in [3.05, 3.63) is 24.3 Å². The van der Waals surface area contributed by atoms with Gasteiger partial charge in [-0.25, -0.2) is 0 Å². The molecule has 0 aromatic heterocycles. The number of nitrogens with one attached hydrogen (secondary N) is 1. The zero-order chi connectivity index (χ0) is 9.94. The summed E-state index contributed by atoms with van der Waals surface area (Å²) in [5.74, 6) is 0. The van der Waals surface area contributed by atoms with Gasteiger partial charge in [-0.3, -0.25) is 0 Å². The number of allylic oxidation sites excluding steroid dienone is 1. The summed E-state index contributed by atoms with van der Waals surface area (Å²) < 4.78 is 4.94. The molecular weight excluding hydrogens is 162 g/mol. The minimum Gasteiger partial charge on any atom is -0.385 e. The van der Waals surface area contributed by atoms with E-state index in [0.29, 0.717) is 0 Å². The summed E-state index contributed by atoms with van der Waals surface area (Å²) in [5, 5.41) is 3.30. The first-order valence-electron chi connectivity index (χ1n) is 4.85. The Morgan fingerprint density at radius 1 is 1.54 bits per heavy atom. The average Bonchev–Trinajstić information content (AvgIpc) is 2.14. The van der Waals surface area contributed by atoms with Crippen LogP contribution in [0.3, 0.4) is 0 Å². The maximum Gasteiger partial charge on any atom is 0.0474 e. The molecule has 0 rings (SSSR count). The molecule has 0 amide bonds. The number of hydrogen-bond acceptors (Lipinski definition) is 2. The summed E-state index contributed by atoms with van der Waals surface area (Å²) in [6, 6.07) is 0. The van der Waals surface area contributed by atoms with E-state index in [9.17, 15) is 0 Å². The summed E-state index contributed by atoms with van der Waals surface area (Å²) in [5.41, 5.74) is 1.14. The van der Waals surface area contributed by atoms with Crippen molar-refractivity contribution < 1.29 is 4.74 Å². The van der Waals surface area contributed by atoms with Gasteiger partial charge in [0.15, 0.2) is 0 Å². The zero-order valence-corrected chi connectivity index (χ0v) is 8.81. The highest BCUT2D eigenvalue weighted by Crippen LogP contribution is 1.92. The summed E-state index contributed by atoms with van der Waals surface area (Å²) >= 11 is 0. The van der Waals surface area contributed by atoms with Crippen LogP contribution in [-0.4, -0.2) is 26.8 Å². The molecule has 0 aromatic carbocycles. The Morgan fingerprint density at radius 2 is 2.31 bits per heavy atom. The van der Waals surface area contributed by atoms with Crippen LogP contribution in [0.1, 0.15) is 19.8 Å². The molecule has 2 nitrogen and oxygen atoms in total. The Morgan fingerprint density at radius 3 is 2.92 bits per heavy atom.